The van der Waals surface area contributed by atoms with Crippen molar-refractivity contribution < 1.29 is 14.4 Å². The van der Waals surface area contributed by atoms with E-state index in [1.165, 1.54) is 18.6 Å². The Morgan fingerprint density at radius 3 is 0.981 bits per heavy atom. The molecule has 6 aliphatic rings. The summed E-state index contributed by atoms with van der Waals surface area (Å²) in [6, 6.07) is 23.4. The molecule has 546 valence electrons. The summed E-state index contributed by atoms with van der Waals surface area (Å²) in [4.78, 5) is 98.7. The SMILES string of the molecule is CNc1cc(Nc2cccn(C3CCCN(CCC#N)C3)c2=O)nc2c(C(=O)NC3CC3)cnn12.CNc1cc(Nc2cccn([C@@H]3CCCN(CCC#N)C3)c2=O)nc2c(C(=O)NC3CC3)cnn12.CNc1cc(Nc2cccn([C@H]3CCCN(CCC#N)C3)c2=O)nc2c(C(=O)NC3CC3)cnn12. The fraction of sp³-hybridized carbons (Fsp3) is 0.458. The first-order valence-electron chi connectivity index (χ1n) is 36.1. The fourth-order valence-corrected chi connectivity index (χ4v) is 13.7. The van der Waals surface area contributed by atoms with E-state index in [4.69, 9.17) is 15.8 Å². The van der Waals surface area contributed by atoms with Crippen LogP contribution < -0.4 is 64.5 Å². The van der Waals surface area contributed by atoms with Gasteiger partial charge in [-0.25, -0.2) is 15.0 Å². The number of piperidine rings is 3. The second-order valence-electron chi connectivity index (χ2n) is 27.2. The van der Waals surface area contributed by atoms with E-state index >= 15 is 0 Å². The molecule has 105 heavy (non-hydrogen) atoms. The molecule has 15 rings (SSSR count). The molecular formula is C72H87N27O6. The third-order valence-electron chi connectivity index (χ3n) is 19.6. The molecule has 6 fully saturated rings. The van der Waals surface area contributed by atoms with Crippen LogP contribution in [0.2, 0.25) is 0 Å². The molecular weight excluding hydrogens is 1340 g/mol. The van der Waals surface area contributed by atoms with Gasteiger partial charge in [-0.1, -0.05) is 0 Å². The molecule has 33 heteroatoms. The highest BCUT2D eigenvalue weighted by atomic mass is 16.2. The highest BCUT2D eigenvalue weighted by Gasteiger charge is 2.31. The zero-order valence-corrected chi connectivity index (χ0v) is 59.1. The molecule has 9 N–H and O–H groups in total. The van der Waals surface area contributed by atoms with E-state index in [9.17, 15) is 28.8 Å². The number of nitriles is 3. The molecule has 3 aliphatic carbocycles. The minimum atomic E-state index is -0.200. The van der Waals surface area contributed by atoms with Crippen molar-refractivity contribution in [2.75, 3.05) is 112 Å². The molecule has 3 aliphatic heterocycles. The zero-order valence-electron chi connectivity index (χ0n) is 59.1. The smallest absolute Gasteiger partial charge is 0.274 e. The summed E-state index contributed by atoms with van der Waals surface area (Å²) in [5.41, 5.74) is 3.23. The maximum Gasteiger partial charge on any atom is 0.274 e. The molecule has 1 unspecified atom stereocenters. The van der Waals surface area contributed by atoms with Gasteiger partial charge < -0.3 is 76.3 Å². The van der Waals surface area contributed by atoms with Crippen LogP contribution in [0.4, 0.5) is 52.0 Å². The van der Waals surface area contributed by atoms with Crippen molar-refractivity contribution >= 4 is 86.6 Å². The Morgan fingerprint density at radius 2 is 0.724 bits per heavy atom. The quantitative estimate of drug-likeness (QED) is 0.0318. The number of nitrogens with zero attached hydrogens (tertiary/aromatic N) is 18. The number of carbonyl (C=O) groups is 3. The van der Waals surface area contributed by atoms with Crippen molar-refractivity contribution in [3.63, 3.8) is 0 Å². The molecule has 0 aromatic carbocycles. The molecule has 9 aromatic heterocycles. The predicted octanol–water partition coefficient (Wildman–Crippen LogP) is 6.36. The van der Waals surface area contributed by atoms with Gasteiger partial charge in [-0.15, -0.1) is 0 Å². The number of nitrogens with one attached hydrogen (secondary N) is 9. The van der Waals surface area contributed by atoms with Gasteiger partial charge in [0.05, 0.1) is 36.8 Å². The van der Waals surface area contributed by atoms with Crippen LogP contribution in [0.5, 0.6) is 0 Å². The molecule has 0 radical (unpaired) electrons. The molecule has 0 bridgehead atoms. The Balaban J connectivity index is 0.000000140. The van der Waals surface area contributed by atoms with Gasteiger partial charge in [0.2, 0.25) is 0 Å². The standard InChI is InChI=1S/3C24H29N9O2/c3*1-26-21-13-20(30-22-18(14-27-33(21)22)23(34)28-16-7-8-16)29-19-6-3-12-32(24(19)35)17-5-2-10-31(15-17)11-4-9-25/h3*3,6,12-14,16-17,26H,2,4-5,7-8,10-11,15H2,1H3,(H,28,34)(H,29,30)/t2*17-;/m10./s1. The molecule has 33 nitrogen and oxygen atoms in total. The van der Waals surface area contributed by atoms with Crippen molar-refractivity contribution in [1.82, 2.24) is 88.1 Å². The first-order chi connectivity index (χ1) is 51.2. The summed E-state index contributed by atoms with van der Waals surface area (Å²) in [6.45, 7) is 7.24. The Hall–Kier alpha value is -11.7. The number of hydrogen-bond donors (Lipinski definition) is 9. The van der Waals surface area contributed by atoms with Gasteiger partial charge in [-0.05, 0) is 133 Å². The highest BCUT2D eigenvalue weighted by molar-refractivity contribution is 6.02. The van der Waals surface area contributed by atoms with Crippen LogP contribution in [0.15, 0.2) is 106 Å². The van der Waals surface area contributed by atoms with Gasteiger partial charge in [0, 0.05) is 153 Å². The summed E-state index contributed by atoms with van der Waals surface area (Å²) < 4.78 is 10.0. The Labute approximate surface area is 604 Å². The van der Waals surface area contributed by atoms with Crippen LogP contribution in [-0.2, 0) is 0 Å². The number of anilines is 9. The van der Waals surface area contributed by atoms with Crippen LogP contribution in [0.1, 0.15) is 146 Å². The van der Waals surface area contributed by atoms with Crippen LogP contribution in [0.25, 0.3) is 16.9 Å². The topological polar surface area (TPSA) is 397 Å². The summed E-state index contributed by atoms with van der Waals surface area (Å²) in [7, 11) is 5.29. The number of pyridine rings is 3. The van der Waals surface area contributed by atoms with E-state index in [2.05, 4.69) is 111 Å². The first-order valence-corrected chi connectivity index (χ1v) is 36.1. The van der Waals surface area contributed by atoms with Crippen molar-refractivity contribution in [1.29, 1.82) is 15.8 Å². The van der Waals surface area contributed by atoms with Gasteiger partial charge in [0.15, 0.2) is 16.9 Å². The van der Waals surface area contributed by atoms with Gasteiger partial charge in [-0.3, -0.25) is 28.8 Å². The number of hydrogen-bond acceptors (Lipinski definition) is 24. The van der Waals surface area contributed by atoms with Crippen molar-refractivity contribution in [2.45, 2.75) is 133 Å². The maximum absolute atomic E-state index is 13.4. The van der Waals surface area contributed by atoms with Crippen LogP contribution in [0.3, 0.4) is 0 Å². The first kappa shape index (κ1) is 71.7. The van der Waals surface area contributed by atoms with E-state index in [0.29, 0.717) is 105 Å². The molecule has 3 saturated heterocycles. The van der Waals surface area contributed by atoms with E-state index in [1.807, 2.05) is 36.8 Å². The normalized spacial score (nSPS) is 18.2. The molecule has 0 spiro atoms. The van der Waals surface area contributed by atoms with Crippen molar-refractivity contribution in [3.05, 3.63) is 140 Å². The van der Waals surface area contributed by atoms with E-state index in [1.54, 1.807) is 84.8 Å². The second kappa shape index (κ2) is 32.7. The molecule has 3 atom stereocenters. The maximum atomic E-state index is 13.4. The second-order valence-corrected chi connectivity index (χ2v) is 27.2. The van der Waals surface area contributed by atoms with Gasteiger partial charge in [0.25, 0.3) is 34.4 Å². The lowest BCUT2D eigenvalue weighted by Crippen LogP contribution is -2.40. The van der Waals surface area contributed by atoms with Gasteiger partial charge >= 0.3 is 0 Å². The lowest BCUT2D eigenvalue weighted by Gasteiger charge is -2.33. The minimum absolute atomic E-state index is 0.0487. The number of fused-ring (bicyclic) bond motifs is 3. The summed E-state index contributed by atoms with van der Waals surface area (Å²) >= 11 is 0. The zero-order chi connectivity index (χ0) is 73.1. The van der Waals surface area contributed by atoms with Crippen LogP contribution >= 0.6 is 0 Å². The van der Waals surface area contributed by atoms with Gasteiger partial charge in [0.1, 0.15) is 68.7 Å². The predicted molar refractivity (Wildman–Crippen MR) is 396 cm³/mol. The molecule has 12 heterocycles. The largest absolute Gasteiger partial charge is 0.373 e. The van der Waals surface area contributed by atoms with Gasteiger partial charge in [-0.2, -0.15) is 44.6 Å². The lowest BCUT2D eigenvalue weighted by molar-refractivity contribution is 0.0944. The third-order valence-corrected chi connectivity index (χ3v) is 19.6. The summed E-state index contributed by atoms with van der Waals surface area (Å²) in [5.74, 6) is 2.64. The Bertz CT molecular complexity index is 4490. The van der Waals surface area contributed by atoms with E-state index in [0.717, 1.165) is 136 Å². The van der Waals surface area contributed by atoms with Crippen molar-refractivity contribution in [2.24, 2.45) is 0 Å². The molecule has 9 aromatic rings. The van der Waals surface area contributed by atoms with Crippen LogP contribution in [0, 0.1) is 34.0 Å². The molecule has 3 amide bonds. The van der Waals surface area contributed by atoms with Crippen molar-refractivity contribution in [3.8, 4) is 18.2 Å². The average molecular weight is 1430 g/mol. The summed E-state index contributed by atoms with van der Waals surface area (Å²) in [5, 5.41) is 67.3. The summed E-state index contributed by atoms with van der Waals surface area (Å²) in [6.07, 6.45) is 23.1. The lowest BCUT2D eigenvalue weighted by atomic mass is 10.0. The Kier molecular flexibility index (Phi) is 22.3. The minimum Gasteiger partial charge on any atom is -0.373 e. The number of carbonyl (C=O) groups excluding carboxylic acids is 3. The number of amides is 3. The average Bonchev–Trinajstić information content (AvgIpc) is 1.73. The van der Waals surface area contributed by atoms with E-state index < -0.39 is 0 Å². The molecule has 3 saturated carbocycles. The highest BCUT2D eigenvalue weighted by Crippen LogP contribution is 2.30. The monoisotopic (exact) mass is 1430 g/mol. The number of rotatable bonds is 24. The van der Waals surface area contributed by atoms with Crippen LogP contribution in [-0.4, -0.2) is 188 Å². The third kappa shape index (κ3) is 17.0. The van der Waals surface area contributed by atoms with E-state index in [-0.39, 0.29) is 70.7 Å². The number of likely N-dealkylation sites (tertiary alicyclic amines) is 3. The number of aromatic nitrogens is 12. The Morgan fingerprint density at radius 1 is 0.438 bits per heavy atom. The fourth-order valence-electron chi connectivity index (χ4n) is 13.7.